The largest absolute Gasteiger partial charge is 0.469 e. The standard InChI is InChI=1S/C6H10NO2/c1-9-6(8)5-2-3-7-4-5/h5H,2-4H2,1H3. The molecule has 0 spiro atoms. The second-order valence-electron chi connectivity index (χ2n) is 2.14. The minimum Gasteiger partial charge on any atom is -0.469 e. The van der Waals surface area contributed by atoms with Crippen molar-refractivity contribution in [2.24, 2.45) is 5.92 Å². The van der Waals surface area contributed by atoms with Gasteiger partial charge in [-0.1, -0.05) is 0 Å². The molecule has 1 radical (unpaired) electrons. The van der Waals surface area contributed by atoms with Crippen molar-refractivity contribution in [2.45, 2.75) is 6.42 Å². The Balaban J connectivity index is 2.32. The van der Waals surface area contributed by atoms with Gasteiger partial charge in [-0.2, -0.15) is 0 Å². The van der Waals surface area contributed by atoms with Crippen LogP contribution in [0.5, 0.6) is 0 Å². The highest BCUT2D eigenvalue weighted by Gasteiger charge is 2.23. The quantitative estimate of drug-likeness (QED) is 0.458. The number of rotatable bonds is 1. The van der Waals surface area contributed by atoms with Crippen LogP contribution < -0.4 is 5.32 Å². The molecule has 1 aliphatic heterocycles. The second kappa shape index (κ2) is 2.82. The van der Waals surface area contributed by atoms with Gasteiger partial charge in [0.15, 0.2) is 0 Å². The van der Waals surface area contributed by atoms with Crippen molar-refractivity contribution in [1.29, 1.82) is 0 Å². The molecule has 1 heterocycles. The minimum atomic E-state index is -0.115. The molecule has 0 bridgehead atoms. The third-order valence-corrected chi connectivity index (χ3v) is 1.52. The zero-order chi connectivity index (χ0) is 6.69. The van der Waals surface area contributed by atoms with Crippen LogP contribution in [0.4, 0.5) is 0 Å². The first-order chi connectivity index (χ1) is 4.34. The van der Waals surface area contributed by atoms with Crippen molar-refractivity contribution in [2.75, 3.05) is 20.2 Å². The molecule has 3 heteroatoms. The van der Waals surface area contributed by atoms with E-state index < -0.39 is 0 Å². The van der Waals surface area contributed by atoms with Crippen molar-refractivity contribution < 1.29 is 9.53 Å². The zero-order valence-corrected chi connectivity index (χ0v) is 5.46. The predicted octanol–water partition coefficient (Wildman–Crippen LogP) is -0.216. The number of nitrogens with zero attached hydrogens (tertiary/aromatic N) is 1. The van der Waals surface area contributed by atoms with E-state index in [-0.39, 0.29) is 11.9 Å². The van der Waals surface area contributed by atoms with Gasteiger partial charge in [-0.25, -0.2) is 5.32 Å². The molecule has 3 nitrogen and oxygen atoms in total. The summed E-state index contributed by atoms with van der Waals surface area (Å²) in [5, 5.41) is 4.03. The number of ether oxygens (including phenoxy) is 1. The third-order valence-electron chi connectivity index (χ3n) is 1.52. The predicted molar refractivity (Wildman–Crippen MR) is 32.0 cm³/mol. The Kier molecular flexibility index (Phi) is 2.05. The second-order valence-corrected chi connectivity index (χ2v) is 2.14. The van der Waals surface area contributed by atoms with Gasteiger partial charge >= 0.3 is 5.97 Å². The fourth-order valence-corrected chi connectivity index (χ4v) is 0.945. The SMILES string of the molecule is COC(=O)C1CC[N]C1. The molecule has 0 aliphatic carbocycles. The first kappa shape index (κ1) is 6.55. The van der Waals surface area contributed by atoms with Crippen LogP contribution in [0.2, 0.25) is 0 Å². The average Bonchev–Trinajstić information content (AvgIpc) is 2.37. The first-order valence-electron chi connectivity index (χ1n) is 3.05. The van der Waals surface area contributed by atoms with Crippen molar-refractivity contribution in [3.05, 3.63) is 0 Å². The molecule has 1 atom stereocenters. The van der Waals surface area contributed by atoms with E-state index in [9.17, 15) is 4.79 Å². The monoisotopic (exact) mass is 128 g/mol. The Labute approximate surface area is 54.4 Å². The van der Waals surface area contributed by atoms with Crippen LogP contribution >= 0.6 is 0 Å². The van der Waals surface area contributed by atoms with Gasteiger partial charge in [0.1, 0.15) is 0 Å². The maximum atomic E-state index is 10.7. The van der Waals surface area contributed by atoms with E-state index in [0.717, 1.165) is 13.0 Å². The highest BCUT2D eigenvalue weighted by molar-refractivity contribution is 5.72. The Hall–Kier alpha value is -0.570. The van der Waals surface area contributed by atoms with E-state index >= 15 is 0 Å². The summed E-state index contributed by atoms with van der Waals surface area (Å²) in [5.74, 6) is -0.0637. The van der Waals surface area contributed by atoms with E-state index in [1.165, 1.54) is 7.11 Å². The molecule has 1 rings (SSSR count). The molecule has 1 unspecified atom stereocenters. The molecule has 0 amide bonds. The molecular formula is C6H10NO2. The minimum absolute atomic E-state index is 0.0509. The van der Waals surface area contributed by atoms with E-state index in [4.69, 9.17) is 0 Å². The first-order valence-corrected chi connectivity index (χ1v) is 3.05. The van der Waals surface area contributed by atoms with E-state index in [1.807, 2.05) is 0 Å². The Morgan fingerprint density at radius 2 is 2.56 bits per heavy atom. The van der Waals surface area contributed by atoms with Gasteiger partial charge < -0.3 is 4.74 Å². The lowest BCUT2D eigenvalue weighted by atomic mass is 10.1. The molecule has 1 saturated heterocycles. The topological polar surface area (TPSA) is 40.4 Å². The van der Waals surface area contributed by atoms with Crippen LogP contribution in [0.25, 0.3) is 0 Å². The average molecular weight is 128 g/mol. The van der Waals surface area contributed by atoms with Crippen LogP contribution in [0.1, 0.15) is 6.42 Å². The molecular weight excluding hydrogens is 118 g/mol. The van der Waals surface area contributed by atoms with E-state index in [1.54, 1.807) is 0 Å². The van der Waals surface area contributed by atoms with Crippen molar-refractivity contribution in [3.63, 3.8) is 0 Å². The van der Waals surface area contributed by atoms with Gasteiger partial charge in [-0.05, 0) is 6.42 Å². The Morgan fingerprint density at radius 1 is 1.78 bits per heavy atom. The zero-order valence-electron chi connectivity index (χ0n) is 5.46. The van der Waals surface area contributed by atoms with Crippen molar-refractivity contribution in [3.8, 4) is 0 Å². The van der Waals surface area contributed by atoms with Crippen LogP contribution in [0.15, 0.2) is 0 Å². The molecule has 0 saturated carbocycles. The fourth-order valence-electron chi connectivity index (χ4n) is 0.945. The van der Waals surface area contributed by atoms with Crippen LogP contribution in [-0.2, 0) is 9.53 Å². The molecule has 0 aromatic carbocycles. The summed E-state index contributed by atoms with van der Waals surface area (Å²) in [6.45, 7) is 1.48. The van der Waals surface area contributed by atoms with E-state index in [2.05, 4.69) is 10.1 Å². The van der Waals surface area contributed by atoms with E-state index in [0.29, 0.717) is 6.54 Å². The summed E-state index contributed by atoms with van der Waals surface area (Å²) in [7, 11) is 1.42. The number of carbonyl (C=O) groups excluding carboxylic acids is 1. The molecule has 51 valence electrons. The third kappa shape index (κ3) is 1.42. The summed E-state index contributed by atoms with van der Waals surface area (Å²) in [4.78, 5) is 10.7. The van der Waals surface area contributed by atoms with Crippen molar-refractivity contribution >= 4 is 5.97 Å². The summed E-state index contributed by atoms with van der Waals surface area (Å²) in [6, 6.07) is 0. The normalized spacial score (nSPS) is 26.1. The van der Waals surface area contributed by atoms with Gasteiger partial charge in [0.25, 0.3) is 0 Å². The van der Waals surface area contributed by atoms with Crippen LogP contribution in [0, 0.1) is 5.92 Å². The molecule has 0 N–H and O–H groups in total. The van der Waals surface area contributed by atoms with Crippen molar-refractivity contribution in [1.82, 2.24) is 5.32 Å². The molecule has 0 aromatic heterocycles. The smallest absolute Gasteiger partial charge is 0.310 e. The summed E-state index contributed by atoms with van der Waals surface area (Å²) in [5.41, 5.74) is 0. The lowest BCUT2D eigenvalue weighted by molar-refractivity contribution is -0.144. The summed E-state index contributed by atoms with van der Waals surface area (Å²) >= 11 is 0. The summed E-state index contributed by atoms with van der Waals surface area (Å²) in [6.07, 6.45) is 0.868. The van der Waals surface area contributed by atoms with Gasteiger partial charge in [0, 0.05) is 13.1 Å². The van der Waals surface area contributed by atoms with Crippen LogP contribution in [-0.4, -0.2) is 26.2 Å². The Bertz CT molecular complexity index is 108. The number of esters is 1. The van der Waals surface area contributed by atoms with Gasteiger partial charge in [-0.15, -0.1) is 0 Å². The van der Waals surface area contributed by atoms with Crippen LogP contribution in [0.3, 0.4) is 0 Å². The highest BCUT2D eigenvalue weighted by atomic mass is 16.5. The number of methoxy groups -OCH3 is 1. The molecule has 1 fully saturated rings. The van der Waals surface area contributed by atoms with Gasteiger partial charge in [-0.3, -0.25) is 4.79 Å². The number of hydrogen-bond acceptors (Lipinski definition) is 2. The number of hydrogen-bond donors (Lipinski definition) is 0. The lowest BCUT2D eigenvalue weighted by Crippen LogP contribution is -2.16. The molecule has 9 heavy (non-hydrogen) atoms. The lowest BCUT2D eigenvalue weighted by Gasteiger charge is -2.02. The van der Waals surface area contributed by atoms with Gasteiger partial charge in [0.2, 0.25) is 0 Å². The highest BCUT2D eigenvalue weighted by Crippen LogP contribution is 2.09. The maximum Gasteiger partial charge on any atom is 0.310 e. The molecule has 0 aromatic rings. The Morgan fingerprint density at radius 3 is 3.00 bits per heavy atom. The fraction of sp³-hybridized carbons (Fsp3) is 0.833. The number of carbonyl (C=O) groups is 1. The maximum absolute atomic E-state index is 10.7. The van der Waals surface area contributed by atoms with Gasteiger partial charge in [0.05, 0.1) is 13.0 Å². The summed E-state index contributed by atoms with van der Waals surface area (Å²) < 4.78 is 4.54. The molecule has 1 aliphatic rings.